The van der Waals surface area contributed by atoms with Crippen molar-refractivity contribution in [1.82, 2.24) is 4.90 Å². The largest absolute Gasteiger partial charge is 0.324 e. The molecule has 0 heterocycles. The zero-order valence-electron chi connectivity index (χ0n) is 11.2. The molecule has 1 saturated carbocycles. The quantitative estimate of drug-likeness (QED) is 0.895. The molecule has 6 heteroatoms. The van der Waals surface area contributed by atoms with Crippen molar-refractivity contribution < 1.29 is 4.79 Å². The van der Waals surface area contributed by atoms with Gasteiger partial charge in [-0.05, 0) is 44.6 Å². The summed E-state index contributed by atoms with van der Waals surface area (Å²) >= 11 is 0. The Bertz CT molecular complexity index is 434. The number of benzene rings is 1. The van der Waals surface area contributed by atoms with E-state index >= 15 is 0 Å². The van der Waals surface area contributed by atoms with Crippen molar-refractivity contribution in [2.24, 2.45) is 5.73 Å². The van der Waals surface area contributed by atoms with Crippen LogP contribution in [-0.2, 0) is 11.3 Å². The molecule has 0 atom stereocenters. The minimum absolute atomic E-state index is 0. The molecule has 1 aromatic rings. The minimum atomic E-state index is -0.614. The fourth-order valence-corrected chi connectivity index (χ4v) is 1.73. The first kappa shape index (κ1) is 18.2. The Morgan fingerprint density at radius 1 is 1.37 bits per heavy atom. The van der Waals surface area contributed by atoms with Gasteiger partial charge >= 0.3 is 0 Å². The number of rotatable bonds is 4. The second-order valence-corrected chi connectivity index (χ2v) is 5.05. The van der Waals surface area contributed by atoms with E-state index in [1.807, 2.05) is 38.4 Å². The maximum absolute atomic E-state index is 11.8. The topological polar surface area (TPSA) is 58.4 Å². The summed E-state index contributed by atoms with van der Waals surface area (Å²) in [6.45, 7) is 0.859. The van der Waals surface area contributed by atoms with E-state index < -0.39 is 5.54 Å². The fourth-order valence-electron chi connectivity index (χ4n) is 1.73. The molecule has 0 aliphatic heterocycles. The average molecular weight is 306 g/mol. The lowest BCUT2D eigenvalue weighted by molar-refractivity contribution is -0.118. The molecule has 0 aromatic heterocycles. The first-order valence-corrected chi connectivity index (χ1v) is 5.84. The number of anilines is 1. The Kier molecular flexibility index (Phi) is 6.80. The van der Waals surface area contributed by atoms with Crippen LogP contribution in [0.25, 0.3) is 0 Å². The van der Waals surface area contributed by atoms with E-state index in [0.717, 1.165) is 25.1 Å². The van der Waals surface area contributed by atoms with Gasteiger partial charge in [0.1, 0.15) is 0 Å². The fraction of sp³-hybridized carbons (Fsp3) is 0.462. The van der Waals surface area contributed by atoms with Gasteiger partial charge in [0.25, 0.3) is 0 Å². The molecule has 0 bridgehead atoms. The van der Waals surface area contributed by atoms with Crippen LogP contribution in [0.15, 0.2) is 24.3 Å². The Balaban J connectivity index is 0.00000162. The van der Waals surface area contributed by atoms with Crippen LogP contribution in [0, 0.1) is 0 Å². The molecule has 108 valence electrons. The molecular weight excluding hydrogens is 285 g/mol. The van der Waals surface area contributed by atoms with Crippen molar-refractivity contribution in [3.63, 3.8) is 0 Å². The van der Waals surface area contributed by atoms with Crippen molar-refractivity contribution in [2.45, 2.75) is 24.9 Å². The monoisotopic (exact) mass is 305 g/mol. The number of hydrogen-bond acceptors (Lipinski definition) is 3. The highest BCUT2D eigenvalue weighted by Crippen LogP contribution is 2.33. The number of nitrogens with two attached hydrogens (primary N) is 1. The van der Waals surface area contributed by atoms with Crippen LogP contribution >= 0.6 is 24.8 Å². The number of carbonyl (C=O) groups is 1. The van der Waals surface area contributed by atoms with Crippen molar-refractivity contribution in [3.05, 3.63) is 29.8 Å². The molecule has 2 rings (SSSR count). The summed E-state index contributed by atoms with van der Waals surface area (Å²) in [7, 11) is 4.04. The van der Waals surface area contributed by atoms with Gasteiger partial charge in [-0.2, -0.15) is 0 Å². The van der Waals surface area contributed by atoms with Gasteiger partial charge in [0.2, 0.25) is 5.91 Å². The smallest absolute Gasteiger partial charge is 0.244 e. The minimum Gasteiger partial charge on any atom is -0.324 e. The predicted molar refractivity (Wildman–Crippen MR) is 83.1 cm³/mol. The Labute approximate surface area is 126 Å². The summed E-state index contributed by atoms with van der Waals surface area (Å²) in [5.41, 5.74) is 7.22. The van der Waals surface area contributed by atoms with E-state index in [1.54, 1.807) is 0 Å². The summed E-state index contributed by atoms with van der Waals surface area (Å²) < 4.78 is 0. The van der Waals surface area contributed by atoms with Gasteiger partial charge in [-0.15, -0.1) is 24.8 Å². The maximum atomic E-state index is 11.8. The van der Waals surface area contributed by atoms with E-state index in [-0.39, 0.29) is 30.7 Å². The summed E-state index contributed by atoms with van der Waals surface area (Å²) in [5, 5.41) is 2.88. The molecular formula is C13H21Cl2N3O. The van der Waals surface area contributed by atoms with Crippen LogP contribution in [0.3, 0.4) is 0 Å². The number of hydrogen-bond donors (Lipinski definition) is 2. The lowest BCUT2D eigenvalue weighted by Crippen LogP contribution is -2.37. The van der Waals surface area contributed by atoms with E-state index in [9.17, 15) is 4.79 Å². The Morgan fingerprint density at radius 2 is 2.00 bits per heavy atom. The van der Waals surface area contributed by atoms with Gasteiger partial charge < -0.3 is 16.0 Å². The van der Waals surface area contributed by atoms with Crippen LogP contribution in [0.2, 0.25) is 0 Å². The number of nitrogens with zero attached hydrogens (tertiary/aromatic N) is 1. The van der Waals surface area contributed by atoms with Crippen LogP contribution < -0.4 is 11.1 Å². The molecule has 3 N–H and O–H groups in total. The zero-order chi connectivity index (χ0) is 12.5. The third-order valence-corrected chi connectivity index (χ3v) is 2.92. The second-order valence-electron chi connectivity index (χ2n) is 5.05. The normalized spacial score (nSPS) is 15.2. The maximum Gasteiger partial charge on any atom is 0.244 e. The van der Waals surface area contributed by atoms with Crippen molar-refractivity contribution in [2.75, 3.05) is 19.4 Å². The summed E-state index contributed by atoms with van der Waals surface area (Å²) in [4.78, 5) is 13.9. The lowest BCUT2D eigenvalue weighted by atomic mass is 10.2. The number of carbonyl (C=O) groups excluding carboxylic acids is 1. The molecule has 1 aliphatic rings. The van der Waals surface area contributed by atoms with Crippen LogP contribution in [0.4, 0.5) is 5.69 Å². The Hall–Kier alpha value is -0.810. The van der Waals surface area contributed by atoms with Crippen LogP contribution in [-0.4, -0.2) is 30.4 Å². The third-order valence-electron chi connectivity index (χ3n) is 2.92. The zero-order valence-corrected chi connectivity index (χ0v) is 12.8. The van der Waals surface area contributed by atoms with E-state index in [2.05, 4.69) is 10.2 Å². The highest BCUT2D eigenvalue weighted by molar-refractivity contribution is 6.00. The standard InChI is InChI=1S/C13H19N3O.2ClH/c1-16(2)9-10-4-3-5-11(8-10)15-12(17)13(14)6-7-13;;/h3-5,8H,6-7,9,14H2,1-2H3,(H,15,17);2*1H. The third kappa shape index (κ3) is 4.99. The van der Waals surface area contributed by atoms with Gasteiger partial charge in [0, 0.05) is 12.2 Å². The van der Waals surface area contributed by atoms with Crippen molar-refractivity contribution >= 4 is 36.4 Å². The molecule has 0 unspecified atom stereocenters. The van der Waals surface area contributed by atoms with Crippen LogP contribution in [0.5, 0.6) is 0 Å². The van der Waals surface area contributed by atoms with Gasteiger partial charge in [-0.3, -0.25) is 4.79 Å². The predicted octanol–water partition coefficient (Wildman–Crippen LogP) is 2.02. The molecule has 1 fully saturated rings. The molecule has 0 radical (unpaired) electrons. The highest BCUT2D eigenvalue weighted by atomic mass is 35.5. The van der Waals surface area contributed by atoms with Crippen LogP contribution in [0.1, 0.15) is 18.4 Å². The molecule has 19 heavy (non-hydrogen) atoms. The first-order chi connectivity index (χ1) is 7.99. The molecule has 0 spiro atoms. The number of nitrogens with one attached hydrogen (secondary N) is 1. The molecule has 1 aromatic carbocycles. The van der Waals surface area contributed by atoms with E-state index in [1.165, 1.54) is 5.56 Å². The highest BCUT2D eigenvalue weighted by Gasteiger charge is 2.45. The average Bonchev–Trinajstić information content (AvgIpc) is 2.97. The first-order valence-electron chi connectivity index (χ1n) is 5.84. The second kappa shape index (κ2) is 7.10. The number of halogens is 2. The molecule has 4 nitrogen and oxygen atoms in total. The summed E-state index contributed by atoms with van der Waals surface area (Å²) in [6.07, 6.45) is 1.58. The molecule has 0 saturated heterocycles. The van der Waals surface area contributed by atoms with Crippen molar-refractivity contribution in [1.29, 1.82) is 0 Å². The summed E-state index contributed by atoms with van der Waals surface area (Å²) in [5.74, 6) is -0.0699. The van der Waals surface area contributed by atoms with Crippen molar-refractivity contribution in [3.8, 4) is 0 Å². The summed E-state index contributed by atoms with van der Waals surface area (Å²) in [6, 6.07) is 7.88. The lowest BCUT2D eigenvalue weighted by Gasteiger charge is -2.13. The molecule has 1 aliphatic carbocycles. The SMILES string of the molecule is CN(C)Cc1cccc(NC(=O)C2(N)CC2)c1.Cl.Cl. The van der Waals surface area contributed by atoms with Gasteiger partial charge in [-0.25, -0.2) is 0 Å². The number of amides is 1. The molecule has 1 amide bonds. The van der Waals surface area contributed by atoms with Gasteiger partial charge in [-0.1, -0.05) is 12.1 Å². The van der Waals surface area contributed by atoms with Gasteiger partial charge in [0.15, 0.2) is 0 Å². The van der Waals surface area contributed by atoms with Gasteiger partial charge in [0.05, 0.1) is 5.54 Å². The van der Waals surface area contributed by atoms with E-state index in [0.29, 0.717) is 0 Å². The Morgan fingerprint density at radius 3 is 2.53 bits per heavy atom. The van der Waals surface area contributed by atoms with E-state index in [4.69, 9.17) is 5.73 Å².